The van der Waals surface area contributed by atoms with Gasteiger partial charge in [0.05, 0.1) is 0 Å². The van der Waals surface area contributed by atoms with E-state index in [2.05, 4.69) is 15.5 Å². The van der Waals surface area contributed by atoms with Crippen LogP contribution in [0.3, 0.4) is 0 Å². The molecule has 1 aromatic heterocycles. The van der Waals surface area contributed by atoms with Crippen molar-refractivity contribution < 1.29 is 0 Å². The molecule has 2 aromatic rings. The second kappa shape index (κ2) is 4.81. The predicted octanol–water partition coefficient (Wildman–Crippen LogP) is 2.04. The number of aromatic amines is 1. The van der Waals surface area contributed by atoms with E-state index >= 15 is 0 Å². The van der Waals surface area contributed by atoms with Gasteiger partial charge in [-0.2, -0.15) is 5.10 Å². The molecule has 0 unspecified atom stereocenters. The van der Waals surface area contributed by atoms with Gasteiger partial charge in [-0.25, -0.2) is 5.10 Å². The Morgan fingerprint density at radius 3 is 2.75 bits per heavy atom. The molecule has 0 saturated heterocycles. The number of hydrogen-bond donors (Lipinski definition) is 2. The molecule has 1 heterocycles. The van der Waals surface area contributed by atoms with Crippen LogP contribution < -0.4 is 10.9 Å². The summed E-state index contributed by atoms with van der Waals surface area (Å²) in [5, 5.41) is 9.95. The number of anilines is 1. The van der Waals surface area contributed by atoms with Crippen LogP contribution in [0.4, 0.5) is 5.82 Å². The van der Waals surface area contributed by atoms with Crippen LogP contribution in [-0.4, -0.2) is 10.2 Å². The smallest absolute Gasteiger partial charge is 0.264 e. The second-order valence-electron chi connectivity index (χ2n) is 3.25. The van der Waals surface area contributed by atoms with Crippen LogP contribution in [-0.2, 0) is 6.54 Å². The summed E-state index contributed by atoms with van der Waals surface area (Å²) in [4.78, 5) is 10.8. The largest absolute Gasteiger partial charge is 0.365 e. The first-order chi connectivity index (χ1) is 7.75. The van der Waals surface area contributed by atoms with Crippen molar-refractivity contribution in [1.82, 2.24) is 10.2 Å². The van der Waals surface area contributed by atoms with Gasteiger partial charge in [-0.05, 0) is 17.7 Å². The van der Waals surface area contributed by atoms with E-state index < -0.39 is 0 Å². The third kappa shape index (κ3) is 2.61. The first kappa shape index (κ1) is 10.7. The number of nitrogens with zero attached hydrogens (tertiary/aromatic N) is 1. The number of benzene rings is 1. The van der Waals surface area contributed by atoms with Gasteiger partial charge in [-0.1, -0.05) is 29.8 Å². The Labute approximate surface area is 97.3 Å². The van der Waals surface area contributed by atoms with Gasteiger partial charge in [0.2, 0.25) is 0 Å². The first-order valence-corrected chi connectivity index (χ1v) is 5.16. The standard InChI is InChI=1S/C11H10ClN3O/c12-9-4-2-1-3-8(9)7-13-10-5-6-11(16)15-14-10/h1-6H,7H2,(H,13,14)(H,15,16). The lowest BCUT2D eigenvalue weighted by Crippen LogP contribution is -2.09. The molecular formula is C11H10ClN3O. The molecule has 1 aromatic carbocycles. The molecule has 0 saturated carbocycles. The Hall–Kier alpha value is -1.81. The minimum atomic E-state index is -0.219. The van der Waals surface area contributed by atoms with Crippen molar-refractivity contribution in [2.24, 2.45) is 0 Å². The molecule has 5 heteroatoms. The van der Waals surface area contributed by atoms with Gasteiger partial charge in [0.1, 0.15) is 5.82 Å². The predicted molar refractivity (Wildman–Crippen MR) is 63.6 cm³/mol. The molecular weight excluding hydrogens is 226 g/mol. The van der Waals surface area contributed by atoms with Crippen molar-refractivity contribution in [1.29, 1.82) is 0 Å². The average molecular weight is 236 g/mol. The molecule has 0 radical (unpaired) electrons. The van der Waals surface area contributed by atoms with Crippen molar-refractivity contribution in [2.75, 3.05) is 5.32 Å². The summed E-state index contributed by atoms with van der Waals surface area (Å²) in [6.45, 7) is 0.568. The summed E-state index contributed by atoms with van der Waals surface area (Å²) in [5.41, 5.74) is 0.764. The summed E-state index contributed by atoms with van der Waals surface area (Å²) >= 11 is 6.00. The summed E-state index contributed by atoms with van der Waals surface area (Å²) in [6.07, 6.45) is 0. The normalized spacial score (nSPS) is 10.1. The maximum absolute atomic E-state index is 10.8. The summed E-state index contributed by atoms with van der Waals surface area (Å²) in [6, 6.07) is 10.6. The minimum absolute atomic E-state index is 0.219. The Morgan fingerprint density at radius 1 is 1.25 bits per heavy atom. The number of hydrogen-bond acceptors (Lipinski definition) is 3. The lowest BCUT2D eigenvalue weighted by molar-refractivity contribution is 0.969. The van der Waals surface area contributed by atoms with Crippen molar-refractivity contribution >= 4 is 17.4 Å². The maximum Gasteiger partial charge on any atom is 0.264 e. The van der Waals surface area contributed by atoms with E-state index in [-0.39, 0.29) is 5.56 Å². The van der Waals surface area contributed by atoms with Gasteiger partial charge >= 0.3 is 0 Å². The zero-order chi connectivity index (χ0) is 11.4. The monoisotopic (exact) mass is 235 g/mol. The molecule has 0 aliphatic heterocycles. The van der Waals surface area contributed by atoms with E-state index in [4.69, 9.17) is 11.6 Å². The number of H-pyrrole nitrogens is 1. The van der Waals surface area contributed by atoms with Gasteiger partial charge in [0.15, 0.2) is 0 Å². The molecule has 82 valence electrons. The molecule has 2 rings (SSSR count). The van der Waals surface area contributed by atoms with Crippen molar-refractivity contribution in [2.45, 2.75) is 6.54 Å². The minimum Gasteiger partial charge on any atom is -0.365 e. The number of halogens is 1. The molecule has 16 heavy (non-hydrogen) atoms. The highest BCUT2D eigenvalue weighted by Gasteiger charge is 1.99. The first-order valence-electron chi connectivity index (χ1n) is 4.79. The molecule has 2 N–H and O–H groups in total. The topological polar surface area (TPSA) is 57.8 Å². The molecule has 4 nitrogen and oxygen atoms in total. The van der Waals surface area contributed by atoms with Gasteiger partial charge < -0.3 is 5.32 Å². The van der Waals surface area contributed by atoms with Gasteiger partial charge in [-0.3, -0.25) is 4.79 Å². The molecule has 0 fully saturated rings. The Kier molecular flexibility index (Phi) is 3.22. The van der Waals surface area contributed by atoms with E-state index in [1.165, 1.54) is 6.07 Å². The Balaban J connectivity index is 2.05. The molecule has 0 aliphatic rings. The number of nitrogens with one attached hydrogen (secondary N) is 2. The van der Waals surface area contributed by atoms with Gasteiger partial charge in [-0.15, -0.1) is 0 Å². The fourth-order valence-electron chi connectivity index (χ4n) is 1.27. The van der Waals surface area contributed by atoms with E-state index in [9.17, 15) is 4.79 Å². The van der Waals surface area contributed by atoms with Crippen LogP contribution in [0.5, 0.6) is 0 Å². The highest BCUT2D eigenvalue weighted by molar-refractivity contribution is 6.31. The van der Waals surface area contributed by atoms with Crippen LogP contribution in [0.25, 0.3) is 0 Å². The molecule has 0 amide bonds. The van der Waals surface area contributed by atoms with E-state index in [0.717, 1.165) is 5.56 Å². The van der Waals surface area contributed by atoms with Crippen LogP contribution >= 0.6 is 11.6 Å². The van der Waals surface area contributed by atoms with Crippen LogP contribution in [0.1, 0.15) is 5.56 Å². The molecule has 0 atom stereocenters. The second-order valence-corrected chi connectivity index (χ2v) is 3.66. The van der Waals surface area contributed by atoms with Crippen LogP contribution in [0, 0.1) is 0 Å². The summed E-state index contributed by atoms with van der Waals surface area (Å²) < 4.78 is 0. The van der Waals surface area contributed by atoms with Crippen molar-refractivity contribution in [3.05, 3.63) is 57.3 Å². The highest BCUT2D eigenvalue weighted by Crippen LogP contribution is 2.15. The van der Waals surface area contributed by atoms with E-state index in [1.807, 2.05) is 24.3 Å². The summed E-state index contributed by atoms with van der Waals surface area (Å²) in [7, 11) is 0. The lowest BCUT2D eigenvalue weighted by atomic mass is 10.2. The Bertz CT molecular complexity index is 518. The zero-order valence-electron chi connectivity index (χ0n) is 8.40. The van der Waals surface area contributed by atoms with E-state index in [1.54, 1.807) is 6.07 Å². The fraction of sp³-hybridized carbons (Fsp3) is 0.0909. The lowest BCUT2D eigenvalue weighted by Gasteiger charge is -2.06. The van der Waals surface area contributed by atoms with Crippen LogP contribution in [0.15, 0.2) is 41.2 Å². The van der Waals surface area contributed by atoms with Gasteiger partial charge in [0, 0.05) is 17.6 Å². The fourth-order valence-corrected chi connectivity index (χ4v) is 1.47. The Morgan fingerprint density at radius 2 is 2.06 bits per heavy atom. The van der Waals surface area contributed by atoms with Crippen LogP contribution in [0.2, 0.25) is 5.02 Å². The maximum atomic E-state index is 10.8. The van der Waals surface area contributed by atoms with Crippen molar-refractivity contribution in [3.63, 3.8) is 0 Å². The van der Waals surface area contributed by atoms with Crippen molar-refractivity contribution in [3.8, 4) is 0 Å². The molecule has 0 spiro atoms. The number of rotatable bonds is 3. The highest BCUT2D eigenvalue weighted by atomic mass is 35.5. The average Bonchev–Trinajstić information content (AvgIpc) is 2.30. The molecule has 0 aliphatic carbocycles. The van der Waals surface area contributed by atoms with Gasteiger partial charge in [0.25, 0.3) is 5.56 Å². The van der Waals surface area contributed by atoms with E-state index in [0.29, 0.717) is 17.4 Å². The number of aromatic nitrogens is 2. The zero-order valence-corrected chi connectivity index (χ0v) is 9.16. The quantitative estimate of drug-likeness (QED) is 0.856. The third-order valence-electron chi connectivity index (χ3n) is 2.10. The SMILES string of the molecule is O=c1ccc(NCc2ccccc2Cl)n[nH]1. The third-order valence-corrected chi connectivity index (χ3v) is 2.47. The molecule has 0 bridgehead atoms. The summed E-state index contributed by atoms with van der Waals surface area (Å²) in [5.74, 6) is 0.611.